The molecular formula is C20H30N2O3. The number of benzene rings is 1. The fourth-order valence-electron chi connectivity index (χ4n) is 3.02. The molecule has 0 aromatic heterocycles. The first-order valence-electron chi connectivity index (χ1n) is 8.96. The van der Waals surface area contributed by atoms with Crippen molar-refractivity contribution >= 4 is 11.8 Å². The summed E-state index contributed by atoms with van der Waals surface area (Å²) in [5.41, 5.74) is 1.25. The molecule has 0 aliphatic carbocycles. The molecule has 0 spiro atoms. The minimum Gasteiger partial charge on any atom is -0.384 e. The highest BCUT2D eigenvalue weighted by Gasteiger charge is 2.24. The zero-order valence-corrected chi connectivity index (χ0v) is 15.8. The molecule has 2 rings (SSSR count). The van der Waals surface area contributed by atoms with Crippen molar-refractivity contribution < 1.29 is 14.3 Å². The van der Waals surface area contributed by atoms with Gasteiger partial charge < -0.3 is 15.0 Å². The van der Waals surface area contributed by atoms with E-state index in [1.54, 1.807) is 31.4 Å². The molecule has 0 bridgehead atoms. The quantitative estimate of drug-likeness (QED) is 0.892. The van der Waals surface area contributed by atoms with E-state index in [4.69, 9.17) is 4.74 Å². The number of hydrogen-bond donors (Lipinski definition) is 1. The first-order chi connectivity index (χ1) is 11.8. The normalized spacial score (nSPS) is 18.1. The Hall–Kier alpha value is -1.88. The predicted octanol–water partition coefficient (Wildman–Crippen LogP) is 2.96. The second-order valence-corrected chi connectivity index (χ2v) is 8.04. The van der Waals surface area contributed by atoms with Gasteiger partial charge >= 0.3 is 0 Å². The van der Waals surface area contributed by atoms with E-state index in [-0.39, 0.29) is 17.2 Å². The van der Waals surface area contributed by atoms with Crippen LogP contribution in [-0.2, 0) is 4.74 Å². The van der Waals surface area contributed by atoms with E-state index in [2.05, 4.69) is 26.1 Å². The molecular weight excluding hydrogens is 316 g/mol. The number of amides is 2. The Morgan fingerprint density at radius 1 is 1.20 bits per heavy atom. The number of methoxy groups -OCH3 is 1. The summed E-state index contributed by atoms with van der Waals surface area (Å²) in [6.45, 7) is 9.05. The Bertz CT molecular complexity index is 588. The van der Waals surface area contributed by atoms with E-state index < -0.39 is 0 Å². The van der Waals surface area contributed by atoms with Crippen molar-refractivity contribution in [2.75, 3.05) is 33.4 Å². The molecule has 25 heavy (non-hydrogen) atoms. The predicted molar refractivity (Wildman–Crippen MR) is 98.7 cm³/mol. The lowest BCUT2D eigenvalue weighted by molar-refractivity contribution is 0.0570. The maximum Gasteiger partial charge on any atom is 0.253 e. The molecule has 138 valence electrons. The number of carbonyl (C=O) groups is 2. The molecule has 1 heterocycles. The highest BCUT2D eigenvalue weighted by atomic mass is 16.5. The number of nitrogens with one attached hydrogen (secondary N) is 1. The molecule has 1 aliphatic heterocycles. The van der Waals surface area contributed by atoms with Gasteiger partial charge in [-0.1, -0.05) is 20.8 Å². The first-order valence-corrected chi connectivity index (χ1v) is 8.96. The van der Waals surface area contributed by atoms with Gasteiger partial charge in [-0.05, 0) is 48.4 Å². The zero-order valence-electron chi connectivity index (χ0n) is 15.8. The summed E-state index contributed by atoms with van der Waals surface area (Å²) in [5, 5.41) is 2.92. The molecule has 5 heteroatoms. The molecule has 1 aromatic carbocycles. The molecule has 2 amide bonds. The van der Waals surface area contributed by atoms with Gasteiger partial charge in [0.05, 0.1) is 6.61 Å². The Morgan fingerprint density at radius 2 is 1.84 bits per heavy atom. The van der Waals surface area contributed by atoms with Crippen LogP contribution in [0.1, 0.15) is 54.3 Å². The number of carbonyl (C=O) groups excluding carboxylic acids is 2. The van der Waals surface area contributed by atoms with Crippen LogP contribution in [-0.4, -0.2) is 50.1 Å². The van der Waals surface area contributed by atoms with Crippen LogP contribution >= 0.6 is 0 Å². The van der Waals surface area contributed by atoms with Crippen LogP contribution in [0.3, 0.4) is 0 Å². The van der Waals surface area contributed by atoms with E-state index in [1.165, 1.54) is 0 Å². The van der Waals surface area contributed by atoms with E-state index in [0.717, 1.165) is 25.9 Å². The van der Waals surface area contributed by atoms with Crippen molar-refractivity contribution in [1.82, 2.24) is 10.2 Å². The van der Waals surface area contributed by atoms with Gasteiger partial charge in [0.2, 0.25) is 0 Å². The maximum atomic E-state index is 12.7. The second kappa shape index (κ2) is 8.48. The molecule has 0 radical (unpaired) electrons. The third-order valence-electron chi connectivity index (χ3n) is 4.38. The Kier molecular flexibility index (Phi) is 6.59. The fourth-order valence-corrected chi connectivity index (χ4v) is 3.02. The number of hydrogen-bond acceptors (Lipinski definition) is 3. The summed E-state index contributed by atoms with van der Waals surface area (Å²) >= 11 is 0. The van der Waals surface area contributed by atoms with Crippen LogP contribution in [0.4, 0.5) is 0 Å². The summed E-state index contributed by atoms with van der Waals surface area (Å²) in [7, 11) is 1.70. The van der Waals surface area contributed by atoms with Gasteiger partial charge in [-0.2, -0.15) is 0 Å². The van der Waals surface area contributed by atoms with Crippen molar-refractivity contribution in [1.29, 1.82) is 0 Å². The summed E-state index contributed by atoms with van der Waals surface area (Å²) in [5.74, 6) is 0.333. The first kappa shape index (κ1) is 19.4. The van der Waals surface area contributed by atoms with Crippen LogP contribution in [0.5, 0.6) is 0 Å². The molecule has 1 aromatic rings. The standard InChI is InChI=1S/C20H30N2O3/c1-20(2,3)14-21-18(23)16-7-9-17(10-8-16)19(24)22-11-5-6-15(12-22)13-25-4/h7-10,15H,5-6,11-14H2,1-4H3,(H,21,23)/t15-/m0/s1. The van der Waals surface area contributed by atoms with Crippen molar-refractivity contribution in [3.8, 4) is 0 Å². The highest BCUT2D eigenvalue weighted by molar-refractivity contribution is 5.97. The zero-order chi connectivity index (χ0) is 18.4. The number of ether oxygens (including phenoxy) is 1. The summed E-state index contributed by atoms with van der Waals surface area (Å²) in [6, 6.07) is 6.94. The van der Waals surface area contributed by atoms with Crippen molar-refractivity contribution in [3.05, 3.63) is 35.4 Å². The molecule has 0 saturated carbocycles. The number of likely N-dealkylation sites (tertiary alicyclic amines) is 1. The monoisotopic (exact) mass is 346 g/mol. The molecule has 1 aliphatic rings. The highest BCUT2D eigenvalue weighted by Crippen LogP contribution is 2.19. The summed E-state index contributed by atoms with van der Waals surface area (Å²) < 4.78 is 5.22. The molecule has 1 atom stereocenters. The number of nitrogens with zero attached hydrogens (tertiary/aromatic N) is 1. The number of piperidine rings is 1. The second-order valence-electron chi connectivity index (χ2n) is 8.04. The van der Waals surface area contributed by atoms with Gasteiger partial charge in [0.25, 0.3) is 11.8 Å². The fraction of sp³-hybridized carbons (Fsp3) is 0.600. The van der Waals surface area contributed by atoms with Gasteiger partial charge in [-0.15, -0.1) is 0 Å². The topological polar surface area (TPSA) is 58.6 Å². The van der Waals surface area contributed by atoms with Crippen LogP contribution in [0.2, 0.25) is 0 Å². The van der Waals surface area contributed by atoms with Crippen LogP contribution in [0.25, 0.3) is 0 Å². The Balaban J connectivity index is 1.96. The summed E-state index contributed by atoms with van der Waals surface area (Å²) in [6.07, 6.45) is 2.11. The third kappa shape index (κ3) is 5.85. The van der Waals surface area contributed by atoms with Gasteiger partial charge in [-0.25, -0.2) is 0 Å². The average molecular weight is 346 g/mol. The minimum atomic E-state index is -0.105. The molecule has 1 fully saturated rings. The smallest absolute Gasteiger partial charge is 0.253 e. The third-order valence-corrected chi connectivity index (χ3v) is 4.38. The van der Waals surface area contributed by atoms with Gasteiger partial charge in [0.1, 0.15) is 0 Å². The molecule has 0 unspecified atom stereocenters. The van der Waals surface area contributed by atoms with E-state index >= 15 is 0 Å². The molecule has 1 N–H and O–H groups in total. The lowest BCUT2D eigenvalue weighted by atomic mass is 9.97. The van der Waals surface area contributed by atoms with E-state index in [0.29, 0.717) is 30.2 Å². The Labute approximate surface area is 150 Å². The van der Waals surface area contributed by atoms with Crippen molar-refractivity contribution in [2.24, 2.45) is 11.3 Å². The van der Waals surface area contributed by atoms with Crippen molar-refractivity contribution in [2.45, 2.75) is 33.6 Å². The Morgan fingerprint density at radius 3 is 2.44 bits per heavy atom. The minimum absolute atomic E-state index is 0.0300. The average Bonchev–Trinajstić information content (AvgIpc) is 2.59. The maximum absolute atomic E-state index is 12.7. The van der Waals surface area contributed by atoms with Crippen LogP contribution in [0.15, 0.2) is 24.3 Å². The van der Waals surface area contributed by atoms with Gasteiger partial charge in [-0.3, -0.25) is 9.59 Å². The van der Waals surface area contributed by atoms with E-state index in [9.17, 15) is 9.59 Å². The van der Waals surface area contributed by atoms with E-state index in [1.807, 2.05) is 4.90 Å². The largest absolute Gasteiger partial charge is 0.384 e. The lowest BCUT2D eigenvalue weighted by Crippen LogP contribution is -2.41. The van der Waals surface area contributed by atoms with Crippen LogP contribution in [0, 0.1) is 11.3 Å². The van der Waals surface area contributed by atoms with Crippen LogP contribution < -0.4 is 5.32 Å². The van der Waals surface area contributed by atoms with Gasteiger partial charge in [0, 0.05) is 37.9 Å². The lowest BCUT2D eigenvalue weighted by Gasteiger charge is -2.32. The molecule has 1 saturated heterocycles. The SMILES string of the molecule is COC[C@H]1CCCN(C(=O)c2ccc(C(=O)NCC(C)(C)C)cc2)C1. The molecule has 5 nitrogen and oxygen atoms in total. The summed E-state index contributed by atoms with van der Waals surface area (Å²) in [4.78, 5) is 26.7. The van der Waals surface area contributed by atoms with Crippen molar-refractivity contribution in [3.63, 3.8) is 0 Å². The van der Waals surface area contributed by atoms with Gasteiger partial charge in [0.15, 0.2) is 0 Å². The number of rotatable bonds is 5.